The standard InChI is InChI=1S/C26H45NO2/c1-17-10-15-26(5)22-12-14-25(4)20(18(2)6-9-23(28)29-27)7-8-21(25)19(22)11-13-24(26,3)16-17/h17-22H,6-16,27H2,1-5H3. The molecule has 0 aromatic carbocycles. The third kappa shape index (κ3) is 3.29. The fourth-order valence-corrected chi connectivity index (χ4v) is 9.52. The van der Waals surface area contributed by atoms with E-state index in [0.717, 1.165) is 36.0 Å². The van der Waals surface area contributed by atoms with E-state index in [4.69, 9.17) is 5.90 Å². The molecule has 3 nitrogen and oxygen atoms in total. The molecule has 0 aliphatic heterocycles. The molecule has 4 rings (SSSR count). The maximum absolute atomic E-state index is 11.6. The highest BCUT2D eigenvalue weighted by Crippen LogP contribution is 2.71. The van der Waals surface area contributed by atoms with Crippen LogP contribution in [0.25, 0.3) is 0 Å². The van der Waals surface area contributed by atoms with Gasteiger partial charge in [-0.15, -0.1) is 0 Å². The highest BCUT2D eigenvalue weighted by Gasteiger charge is 2.63. The van der Waals surface area contributed by atoms with Gasteiger partial charge in [0, 0.05) is 6.42 Å². The highest BCUT2D eigenvalue weighted by atomic mass is 16.7. The Morgan fingerprint density at radius 2 is 1.79 bits per heavy atom. The van der Waals surface area contributed by atoms with Crippen molar-refractivity contribution >= 4 is 5.97 Å². The first-order valence-corrected chi connectivity index (χ1v) is 12.5. The molecule has 4 fully saturated rings. The van der Waals surface area contributed by atoms with Crippen molar-refractivity contribution in [2.24, 2.45) is 57.6 Å². The summed E-state index contributed by atoms with van der Waals surface area (Å²) in [4.78, 5) is 16.0. The van der Waals surface area contributed by atoms with Crippen LogP contribution >= 0.6 is 0 Å². The lowest BCUT2D eigenvalue weighted by molar-refractivity contribution is -0.162. The van der Waals surface area contributed by atoms with E-state index in [-0.39, 0.29) is 5.97 Å². The summed E-state index contributed by atoms with van der Waals surface area (Å²) < 4.78 is 0. The maximum atomic E-state index is 11.6. The van der Waals surface area contributed by atoms with Crippen molar-refractivity contribution in [3.8, 4) is 0 Å². The lowest BCUT2D eigenvalue weighted by Gasteiger charge is -2.65. The molecule has 0 radical (unpaired) electrons. The van der Waals surface area contributed by atoms with Crippen molar-refractivity contribution in [1.82, 2.24) is 0 Å². The molecule has 29 heavy (non-hydrogen) atoms. The Hall–Kier alpha value is -0.570. The van der Waals surface area contributed by atoms with Gasteiger partial charge in [0.05, 0.1) is 0 Å². The molecule has 0 amide bonds. The monoisotopic (exact) mass is 403 g/mol. The van der Waals surface area contributed by atoms with E-state index < -0.39 is 0 Å². The lowest BCUT2D eigenvalue weighted by atomic mass is 9.39. The van der Waals surface area contributed by atoms with Gasteiger partial charge in [-0.05, 0) is 110 Å². The Kier molecular flexibility index (Phi) is 5.63. The molecule has 4 saturated carbocycles. The zero-order valence-corrected chi connectivity index (χ0v) is 19.6. The quantitative estimate of drug-likeness (QED) is 0.545. The number of hydrogen-bond acceptors (Lipinski definition) is 3. The maximum Gasteiger partial charge on any atom is 0.324 e. The lowest BCUT2D eigenvalue weighted by Crippen LogP contribution is -2.57. The van der Waals surface area contributed by atoms with Crippen molar-refractivity contribution in [3.63, 3.8) is 0 Å². The van der Waals surface area contributed by atoms with E-state index in [0.29, 0.717) is 28.6 Å². The minimum atomic E-state index is -0.258. The fraction of sp³-hybridized carbons (Fsp3) is 0.962. The van der Waals surface area contributed by atoms with Crippen molar-refractivity contribution < 1.29 is 9.63 Å². The van der Waals surface area contributed by atoms with E-state index in [1.165, 1.54) is 57.8 Å². The fourth-order valence-electron chi connectivity index (χ4n) is 9.52. The summed E-state index contributed by atoms with van der Waals surface area (Å²) in [5, 5.41) is 0. The Bertz CT molecular complexity index is 634. The molecule has 2 N–H and O–H groups in total. The van der Waals surface area contributed by atoms with Gasteiger partial charge in [0.15, 0.2) is 0 Å². The van der Waals surface area contributed by atoms with E-state index in [9.17, 15) is 4.79 Å². The summed E-state index contributed by atoms with van der Waals surface area (Å²) in [5.41, 5.74) is 1.59. The third-order valence-corrected chi connectivity index (χ3v) is 11.3. The van der Waals surface area contributed by atoms with Crippen LogP contribution in [-0.2, 0) is 9.63 Å². The van der Waals surface area contributed by atoms with E-state index >= 15 is 0 Å². The van der Waals surface area contributed by atoms with Crippen LogP contribution in [-0.4, -0.2) is 5.97 Å². The summed E-state index contributed by atoms with van der Waals surface area (Å²) in [5.74, 6) is 9.82. The number of carbonyl (C=O) groups excluding carboxylic acids is 1. The van der Waals surface area contributed by atoms with Crippen molar-refractivity contribution in [2.75, 3.05) is 0 Å². The molecule has 0 heterocycles. The van der Waals surface area contributed by atoms with Gasteiger partial charge in [-0.25, -0.2) is 0 Å². The molecule has 0 saturated heterocycles. The third-order valence-electron chi connectivity index (χ3n) is 11.3. The number of hydrogen-bond donors (Lipinski definition) is 1. The van der Waals surface area contributed by atoms with Crippen LogP contribution in [0, 0.1) is 51.8 Å². The SMILES string of the molecule is CC1CCC2(C)C3CCC4(C)C(C(C)CCC(=O)ON)CCC4C3CCC2(C)C1. The molecule has 0 spiro atoms. The zero-order chi connectivity index (χ0) is 21.0. The molecule has 0 aromatic heterocycles. The summed E-state index contributed by atoms with van der Waals surface area (Å²) in [6.45, 7) is 12.8. The number of carbonyl (C=O) groups is 1. The first-order chi connectivity index (χ1) is 13.6. The van der Waals surface area contributed by atoms with Crippen molar-refractivity contribution in [3.05, 3.63) is 0 Å². The molecule has 3 heteroatoms. The molecule has 0 bridgehead atoms. The minimum Gasteiger partial charge on any atom is -0.373 e. The Balaban J connectivity index is 1.51. The molecule has 9 unspecified atom stereocenters. The molecule has 9 atom stereocenters. The predicted octanol–water partition coefficient (Wildman–Crippen LogP) is 6.50. The van der Waals surface area contributed by atoms with Gasteiger partial charge in [0.25, 0.3) is 0 Å². The first kappa shape index (κ1) is 21.7. The topological polar surface area (TPSA) is 52.3 Å². The van der Waals surface area contributed by atoms with Gasteiger partial charge >= 0.3 is 5.97 Å². The molecule has 4 aliphatic rings. The number of nitrogens with two attached hydrogens (primary N) is 1. The summed E-state index contributed by atoms with van der Waals surface area (Å²) in [7, 11) is 0. The Morgan fingerprint density at radius 1 is 1.03 bits per heavy atom. The summed E-state index contributed by atoms with van der Waals surface area (Å²) in [6, 6.07) is 0. The van der Waals surface area contributed by atoms with Crippen LogP contribution in [0.4, 0.5) is 0 Å². The second-order valence-corrected chi connectivity index (χ2v) is 12.5. The summed E-state index contributed by atoms with van der Waals surface area (Å²) in [6.07, 6.45) is 14.2. The van der Waals surface area contributed by atoms with Crippen LogP contribution in [0.1, 0.15) is 105 Å². The normalized spacial score (nSPS) is 50.2. The average Bonchev–Trinajstić information content (AvgIpc) is 3.04. The highest BCUT2D eigenvalue weighted by molar-refractivity contribution is 5.68. The Labute approximate surface area is 178 Å². The summed E-state index contributed by atoms with van der Waals surface area (Å²) >= 11 is 0. The van der Waals surface area contributed by atoms with Crippen LogP contribution in [0.2, 0.25) is 0 Å². The second kappa shape index (κ2) is 7.53. The molecule has 0 aromatic rings. The molecule has 166 valence electrons. The van der Waals surface area contributed by atoms with Crippen LogP contribution in [0.5, 0.6) is 0 Å². The average molecular weight is 404 g/mol. The van der Waals surface area contributed by atoms with Gasteiger partial charge in [-0.2, -0.15) is 5.90 Å². The van der Waals surface area contributed by atoms with Gasteiger partial charge in [0.2, 0.25) is 0 Å². The van der Waals surface area contributed by atoms with Gasteiger partial charge < -0.3 is 4.84 Å². The van der Waals surface area contributed by atoms with E-state index in [1.54, 1.807) is 0 Å². The zero-order valence-electron chi connectivity index (χ0n) is 19.6. The molecular weight excluding hydrogens is 358 g/mol. The van der Waals surface area contributed by atoms with Crippen molar-refractivity contribution in [2.45, 2.75) is 105 Å². The van der Waals surface area contributed by atoms with Gasteiger partial charge in [-0.3, -0.25) is 4.79 Å². The molecular formula is C26H45NO2. The van der Waals surface area contributed by atoms with Crippen molar-refractivity contribution in [1.29, 1.82) is 0 Å². The Morgan fingerprint density at radius 3 is 2.52 bits per heavy atom. The van der Waals surface area contributed by atoms with Crippen LogP contribution in [0.15, 0.2) is 0 Å². The van der Waals surface area contributed by atoms with Gasteiger partial charge in [-0.1, -0.05) is 41.0 Å². The smallest absolute Gasteiger partial charge is 0.324 e. The predicted molar refractivity (Wildman–Crippen MR) is 118 cm³/mol. The first-order valence-electron chi connectivity index (χ1n) is 12.5. The number of rotatable bonds is 4. The van der Waals surface area contributed by atoms with E-state index in [2.05, 4.69) is 39.5 Å². The largest absolute Gasteiger partial charge is 0.373 e. The van der Waals surface area contributed by atoms with E-state index in [1.807, 2.05) is 0 Å². The number of fused-ring (bicyclic) bond motifs is 5. The second-order valence-electron chi connectivity index (χ2n) is 12.5. The van der Waals surface area contributed by atoms with Crippen LogP contribution in [0.3, 0.4) is 0 Å². The van der Waals surface area contributed by atoms with Crippen LogP contribution < -0.4 is 5.90 Å². The minimum absolute atomic E-state index is 0.258. The molecule has 4 aliphatic carbocycles. The van der Waals surface area contributed by atoms with Gasteiger partial charge in [0.1, 0.15) is 0 Å².